The van der Waals surface area contributed by atoms with E-state index in [4.69, 9.17) is 5.73 Å². The molecule has 2 bridgehead atoms. The molecule has 0 aliphatic carbocycles. The Morgan fingerprint density at radius 1 is 0.969 bits per heavy atom. The summed E-state index contributed by atoms with van der Waals surface area (Å²) < 4.78 is 53.3. The van der Waals surface area contributed by atoms with Crippen molar-refractivity contribution in [1.82, 2.24) is 9.80 Å². The lowest BCUT2D eigenvalue weighted by atomic mass is 10.0. The Morgan fingerprint density at radius 2 is 1.59 bits per heavy atom. The summed E-state index contributed by atoms with van der Waals surface area (Å²) in [6, 6.07) is 5.27. The third kappa shape index (κ3) is 4.55. The van der Waals surface area contributed by atoms with Crippen molar-refractivity contribution < 1.29 is 27.2 Å². The number of rotatable bonds is 5. The Kier molecular flexibility index (Phi) is 6.05. The molecule has 0 radical (unpaired) electrons. The van der Waals surface area contributed by atoms with Crippen LogP contribution in [0, 0.1) is 23.3 Å². The monoisotopic (exact) mass is 450 g/mol. The van der Waals surface area contributed by atoms with Crippen LogP contribution in [0.15, 0.2) is 36.4 Å². The number of anilines is 1. The van der Waals surface area contributed by atoms with Crippen molar-refractivity contribution in [2.75, 3.05) is 18.4 Å². The first-order valence-electron chi connectivity index (χ1n) is 10.2. The first-order chi connectivity index (χ1) is 15.2. The number of nitrogens with two attached hydrogens (primary N) is 1. The highest BCUT2D eigenvalue weighted by atomic mass is 19.2. The van der Waals surface area contributed by atoms with Crippen LogP contribution in [0.2, 0.25) is 0 Å². The van der Waals surface area contributed by atoms with Crippen LogP contribution in [0.25, 0.3) is 0 Å². The molecule has 32 heavy (non-hydrogen) atoms. The predicted molar refractivity (Wildman–Crippen MR) is 109 cm³/mol. The molecular weight excluding hydrogens is 428 g/mol. The van der Waals surface area contributed by atoms with Gasteiger partial charge in [-0.15, -0.1) is 0 Å². The third-order valence-corrected chi connectivity index (χ3v) is 5.93. The standard InChI is InChI=1S/C22H22F4N4O2/c23-13-1-3-15(4-2-13)28-22(32)30-11-16-8-17(30)10-29(16)21(31)7-14(27)5-12-6-19(25)20(26)9-18(12)24/h1-4,6,9,14,16-17H,5,7-8,10-11,27H2,(H,28,32)/t14-,16+,17+/m1/s1. The minimum atomic E-state index is -1.28. The average molecular weight is 450 g/mol. The number of halogens is 4. The van der Waals surface area contributed by atoms with E-state index in [1.807, 2.05) is 0 Å². The minimum Gasteiger partial charge on any atom is -0.336 e. The maximum atomic E-state index is 13.8. The molecule has 3 amide bonds. The van der Waals surface area contributed by atoms with Gasteiger partial charge in [-0.1, -0.05) is 0 Å². The lowest BCUT2D eigenvalue weighted by Gasteiger charge is -2.34. The van der Waals surface area contributed by atoms with E-state index in [0.29, 0.717) is 31.3 Å². The summed E-state index contributed by atoms with van der Waals surface area (Å²) in [5.41, 5.74) is 6.36. The van der Waals surface area contributed by atoms with E-state index >= 15 is 0 Å². The van der Waals surface area contributed by atoms with Gasteiger partial charge in [-0.05, 0) is 48.7 Å². The minimum absolute atomic E-state index is 0.0799. The van der Waals surface area contributed by atoms with Gasteiger partial charge in [-0.3, -0.25) is 4.79 Å². The molecule has 0 saturated carbocycles. The maximum Gasteiger partial charge on any atom is 0.322 e. The fourth-order valence-electron chi connectivity index (χ4n) is 4.37. The Morgan fingerprint density at radius 3 is 2.25 bits per heavy atom. The number of carbonyl (C=O) groups excluding carboxylic acids is 2. The molecular formula is C22H22F4N4O2. The molecule has 2 aliphatic heterocycles. The molecule has 2 heterocycles. The highest BCUT2D eigenvalue weighted by Gasteiger charge is 2.47. The summed E-state index contributed by atoms with van der Waals surface area (Å²) in [6.45, 7) is 0.711. The van der Waals surface area contributed by atoms with Gasteiger partial charge in [-0.25, -0.2) is 22.4 Å². The summed E-state index contributed by atoms with van der Waals surface area (Å²) in [5.74, 6) is -3.99. The van der Waals surface area contributed by atoms with Gasteiger partial charge in [0.25, 0.3) is 0 Å². The molecule has 2 aromatic rings. The largest absolute Gasteiger partial charge is 0.336 e. The highest BCUT2D eigenvalue weighted by molar-refractivity contribution is 5.90. The molecule has 2 aliphatic rings. The lowest BCUT2D eigenvalue weighted by molar-refractivity contribution is -0.133. The van der Waals surface area contributed by atoms with E-state index in [0.717, 1.165) is 6.07 Å². The first-order valence-corrected chi connectivity index (χ1v) is 10.2. The van der Waals surface area contributed by atoms with Crippen LogP contribution < -0.4 is 11.1 Å². The number of benzene rings is 2. The van der Waals surface area contributed by atoms with Crippen LogP contribution in [0.4, 0.5) is 28.0 Å². The van der Waals surface area contributed by atoms with E-state index in [9.17, 15) is 27.2 Å². The van der Waals surface area contributed by atoms with Gasteiger partial charge in [0.2, 0.25) is 5.91 Å². The number of piperazine rings is 1. The molecule has 0 unspecified atom stereocenters. The number of hydrogen-bond donors (Lipinski definition) is 2. The van der Waals surface area contributed by atoms with Gasteiger partial charge in [0.1, 0.15) is 11.6 Å². The van der Waals surface area contributed by atoms with Crippen molar-refractivity contribution in [1.29, 1.82) is 0 Å². The van der Waals surface area contributed by atoms with E-state index in [-0.39, 0.29) is 42.4 Å². The molecule has 3 atom stereocenters. The van der Waals surface area contributed by atoms with Crippen molar-refractivity contribution in [2.45, 2.75) is 37.4 Å². The Labute approximate surface area is 182 Å². The second-order valence-corrected chi connectivity index (χ2v) is 8.20. The lowest BCUT2D eigenvalue weighted by Crippen LogP contribution is -2.52. The molecule has 0 aromatic heterocycles. The van der Waals surface area contributed by atoms with Crippen molar-refractivity contribution in [3.8, 4) is 0 Å². The van der Waals surface area contributed by atoms with E-state index in [2.05, 4.69) is 5.32 Å². The van der Waals surface area contributed by atoms with Crippen LogP contribution in [0.3, 0.4) is 0 Å². The topological polar surface area (TPSA) is 78.7 Å². The second-order valence-electron chi connectivity index (χ2n) is 8.20. The van der Waals surface area contributed by atoms with Crippen LogP contribution in [-0.2, 0) is 11.2 Å². The number of nitrogens with zero attached hydrogens (tertiary/aromatic N) is 2. The molecule has 2 fully saturated rings. The number of hydrogen-bond acceptors (Lipinski definition) is 3. The highest BCUT2D eigenvalue weighted by Crippen LogP contribution is 2.32. The van der Waals surface area contributed by atoms with Gasteiger partial charge in [-0.2, -0.15) is 0 Å². The quantitative estimate of drug-likeness (QED) is 0.543. The summed E-state index contributed by atoms with van der Waals surface area (Å²) >= 11 is 0. The van der Waals surface area contributed by atoms with Crippen LogP contribution in [0.1, 0.15) is 18.4 Å². The molecule has 2 saturated heterocycles. The Balaban J connectivity index is 1.30. The number of nitrogens with one attached hydrogen (secondary N) is 1. The summed E-state index contributed by atoms with van der Waals surface area (Å²) in [6.07, 6.45) is 0.446. The zero-order valence-electron chi connectivity index (χ0n) is 17.0. The van der Waals surface area contributed by atoms with Gasteiger partial charge < -0.3 is 20.9 Å². The van der Waals surface area contributed by atoms with Gasteiger partial charge in [0, 0.05) is 37.3 Å². The fraction of sp³-hybridized carbons (Fsp3) is 0.364. The Bertz CT molecular complexity index is 1030. The first kappa shape index (κ1) is 22.1. The smallest absolute Gasteiger partial charge is 0.322 e. The maximum absolute atomic E-state index is 13.8. The molecule has 6 nitrogen and oxygen atoms in total. The van der Waals surface area contributed by atoms with E-state index in [1.54, 1.807) is 9.80 Å². The molecule has 10 heteroatoms. The molecule has 2 aromatic carbocycles. The Hall–Kier alpha value is -3.14. The van der Waals surface area contributed by atoms with Crippen molar-refractivity contribution in [3.63, 3.8) is 0 Å². The number of urea groups is 1. The van der Waals surface area contributed by atoms with E-state index in [1.165, 1.54) is 24.3 Å². The number of amides is 3. The van der Waals surface area contributed by atoms with E-state index < -0.39 is 29.3 Å². The van der Waals surface area contributed by atoms with Gasteiger partial charge in [0.05, 0.1) is 12.1 Å². The van der Waals surface area contributed by atoms with Crippen LogP contribution in [0.5, 0.6) is 0 Å². The van der Waals surface area contributed by atoms with Crippen molar-refractivity contribution in [3.05, 3.63) is 65.2 Å². The molecule has 3 N–H and O–H groups in total. The van der Waals surface area contributed by atoms with Gasteiger partial charge >= 0.3 is 6.03 Å². The average Bonchev–Trinajstić information content (AvgIpc) is 3.35. The normalized spacial score (nSPS) is 20.5. The van der Waals surface area contributed by atoms with Gasteiger partial charge in [0.15, 0.2) is 11.6 Å². The third-order valence-electron chi connectivity index (χ3n) is 5.93. The fourth-order valence-corrected chi connectivity index (χ4v) is 4.37. The summed E-state index contributed by atoms with van der Waals surface area (Å²) in [4.78, 5) is 28.5. The van der Waals surface area contributed by atoms with Crippen molar-refractivity contribution >= 4 is 17.6 Å². The van der Waals surface area contributed by atoms with Crippen LogP contribution in [-0.4, -0.2) is 53.0 Å². The zero-order valence-corrected chi connectivity index (χ0v) is 17.0. The zero-order chi connectivity index (χ0) is 23.0. The number of fused-ring (bicyclic) bond motifs is 2. The molecule has 170 valence electrons. The second kappa shape index (κ2) is 8.78. The number of likely N-dealkylation sites (tertiary alicyclic amines) is 2. The summed E-state index contributed by atoms with van der Waals surface area (Å²) in [5, 5.41) is 2.72. The predicted octanol–water partition coefficient (Wildman–Crippen LogP) is 3.02. The SMILES string of the molecule is N[C@@H](CC(=O)N1C[C@@H]2C[C@H]1CN2C(=O)Nc1ccc(F)cc1)Cc1cc(F)c(F)cc1F. The van der Waals surface area contributed by atoms with Crippen LogP contribution >= 0.6 is 0 Å². The van der Waals surface area contributed by atoms with Crippen molar-refractivity contribution in [2.24, 2.45) is 5.73 Å². The molecule has 0 spiro atoms. The number of carbonyl (C=O) groups is 2. The molecule has 4 rings (SSSR count). The summed E-state index contributed by atoms with van der Waals surface area (Å²) in [7, 11) is 0.